The SMILES string of the molecule is O=CN[C@@H](CC(=O)O)c1ccc2c(c1)CCO2. The summed E-state index contributed by atoms with van der Waals surface area (Å²) < 4.78 is 5.37. The van der Waals surface area contributed by atoms with Crippen LogP contribution >= 0.6 is 0 Å². The van der Waals surface area contributed by atoms with Gasteiger partial charge in [0, 0.05) is 6.42 Å². The number of rotatable bonds is 5. The summed E-state index contributed by atoms with van der Waals surface area (Å²) in [7, 11) is 0. The van der Waals surface area contributed by atoms with Crippen LogP contribution in [-0.2, 0) is 16.0 Å². The zero-order valence-electron chi connectivity index (χ0n) is 9.18. The number of carbonyl (C=O) groups is 2. The van der Waals surface area contributed by atoms with Crippen molar-refractivity contribution in [1.82, 2.24) is 5.32 Å². The van der Waals surface area contributed by atoms with Gasteiger partial charge in [0.2, 0.25) is 6.41 Å². The van der Waals surface area contributed by atoms with E-state index in [0.29, 0.717) is 13.0 Å². The maximum Gasteiger partial charge on any atom is 0.305 e. The van der Waals surface area contributed by atoms with E-state index in [1.165, 1.54) is 0 Å². The Morgan fingerprint density at radius 2 is 2.41 bits per heavy atom. The standard InChI is InChI=1S/C12H13NO4/c14-7-13-10(6-12(15)16)8-1-2-11-9(5-8)3-4-17-11/h1-2,5,7,10H,3-4,6H2,(H,13,14)(H,15,16)/t10-/m0/s1. The third-order valence-electron chi connectivity index (χ3n) is 2.76. The maximum atomic E-state index is 10.7. The molecule has 2 rings (SSSR count). The van der Waals surface area contributed by atoms with Gasteiger partial charge in [0.05, 0.1) is 19.1 Å². The molecule has 1 aromatic rings. The summed E-state index contributed by atoms with van der Waals surface area (Å²) in [6, 6.07) is 5.01. The quantitative estimate of drug-likeness (QED) is 0.743. The topological polar surface area (TPSA) is 75.6 Å². The molecular formula is C12H13NO4. The average molecular weight is 235 g/mol. The smallest absolute Gasteiger partial charge is 0.305 e. The van der Waals surface area contributed by atoms with E-state index in [1.807, 2.05) is 12.1 Å². The van der Waals surface area contributed by atoms with Crippen LogP contribution in [0.2, 0.25) is 0 Å². The molecule has 1 amide bonds. The summed E-state index contributed by atoms with van der Waals surface area (Å²) in [5.74, 6) is -0.102. The molecule has 2 N–H and O–H groups in total. The van der Waals surface area contributed by atoms with Crippen molar-refractivity contribution in [2.24, 2.45) is 0 Å². The first-order valence-electron chi connectivity index (χ1n) is 5.38. The fourth-order valence-electron chi connectivity index (χ4n) is 1.95. The lowest BCUT2D eigenvalue weighted by Crippen LogP contribution is -2.22. The number of ether oxygens (including phenoxy) is 1. The molecular weight excluding hydrogens is 222 g/mol. The molecule has 5 nitrogen and oxygen atoms in total. The molecule has 90 valence electrons. The molecule has 0 aliphatic carbocycles. The number of amides is 1. The van der Waals surface area contributed by atoms with Crippen LogP contribution in [0.15, 0.2) is 18.2 Å². The Kier molecular flexibility index (Phi) is 3.27. The van der Waals surface area contributed by atoms with Gasteiger partial charge in [-0.3, -0.25) is 9.59 Å². The van der Waals surface area contributed by atoms with Crippen molar-refractivity contribution in [3.63, 3.8) is 0 Å². The van der Waals surface area contributed by atoms with Crippen molar-refractivity contribution in [3.05, 3.63) is 29.3 Å². The Bertz CT molecular complexity index is 444. The van der Waals surface area contributed by atoms with Gasteiger partial charge in [-0.25, -0.2) is 0 Å². The molecule has 0 fully saturated rings. The van der Waals surface area contributed by atoms with Crippen LogP contribution in [0.3, 0.4) is 0 Å². The van der Waals surface area contributed by atoms with E-state index in [1.54, 1.807) is 6.07 Å². The Hall–Kier alpha value is -2.04. The fraction of sp³-hybridized carbons (Fsp3) is 0.333. The number of benzene rings is 1. The van der Waals surface area contributed by atoms with Crippen LogP contribution in [0, 0.1) is 0 Å². The number of aliphatic carboxylic acids is 1. The predicted molar refractivity (Wildman–Crippen MR) is 59.8 cm³/mol. The van der Waals surface area contributed by atoms with Gasteiger partial charge in [0.25, 0.3) is 0 Å². The van der Waals surface area contributed by atoms with Crippen molar-refractivity contribution < 1.29 is 19.4 Å². The first kappa shape index (κ1) is 11.4. The summed E-state index contributed by atoms with van der Waals surface area (Å²) in [6.45, 7) is 0.656. The number of carboxylic acids is 1. The molecule has 0 spiro atoms. The molecule has 0 unspecified atom stereocenters. The second-order valence-electron chi connectivity index (χ2n) is 3.90. The highest BCUT2D eigenvalue weighted by Crippen LogP contribution is 2.28. The number of hydrogen-bond donors (Lipinski definition) is 2. The van der Waals surface area contributed by atoms with Gasteiger partial charge in [0.15, 0.2) is 0 Å². The lowest BCUT2D eigenvalue weighted by atomic mass is 10.0. The number of carboxylic acid groups (broad SMARTS) is 1. The zero-order valence-corrected chi connectivity index (χ0v) is 9.18. The third-order valence-corrected chi connectivity index (χ3v) is 2.76. The van der Waals surface area contributed by atoms with Gasteiger partial charge in [-0.2, -0.15) is 0 Å². The van der Waals surface area contributed by atoms with Gasteiger partial charge in [-0.15, -0.1) is 0 Å². The molecule has 1 atom stereocenters. The average Bonchev–Trinajstić information content (AvgIpc) is 2.74. The molecule has 1 aliphatic heterocycles. The van der Waals surface area contributed by atoms with E-state index in [2.05, 4.69) is 5.32 Å². The summed E-state index contributed by atoms with van der Waals surface area (Å²) >= 11 is 0. The first-order valence-corrected chi connectivity index (χ1v) is 5.38. The molecule has 0 radical (unpaired) electrons. The summed E-state index contributed by atoms with van der Waals surface area (Å²) in [5, 5.41) is 11.3. The van der Waals surface area contributed by atoms with E-state index in [9.17, 15) is 9.59 Å². The molecule has 0 saturated carbocycles. The Morgan fingerprint density at radius 1 is 1.59 bits per heavy atom. The van der Waals surface area contributed by atoms with Crippen molar-refractivity contribution in [2.45, 2.75) is 18.9 Å². The monoisotopic (exact) mass is 235 g/mol. The normalized spacial score (nSPS) is 14.6. The molecule has 0 saturated heterocycles. The van der Waals surface area contributed by atoms with Crippen molar-refractivity contribution in [1.29, 1.82) is 0 Å². The van der Waals surface area contributed by atoms with Crippen LogP contribution in [0.4, 0.5) is 0 Å². The zero-order chi connectivity index (χ0) is 12.3. The third kappa shape index (κ3) is 2.55. The van der Waals surface area contributed by atoms with Gasteiger partial charge in [0.1, 0.15) is 5.75 Å². The number of hydrogen-bond acceptors (Lipinski definition) is 3. The van der Waals surface area contributed by atoms with Gasteiger partial charge in [-0.1, -0.05) is 6.07 Å². The minimum absolute atomic E-state index is 0.127. The fourth-order valence-corrected chi connectivity index (χ4v) is 1.95. The predicted octanol–water partition coefficient (Wildman–Crippen LogP) is 0.883. The van der Waals surface area contributed by atoms with E-state index < -0.39 is 12.0 Å². The highest BCUT2D eigenvalue weighted by Gasteiger charge is 2.18. The molecule has 17 heavy (non-hydrogen) atoms. The van der Waals surface area contributed by atoms with Crippen molar-refractivity contribution in [2.75, 3.05) is 6.61 Å². The molecule has 1 aromatic carbocycles. The van der Waals surface area contributed by atoms with Crippen molar-refractivity contribution >= 4 is 12.4 Å². The Labute approximate surface area is 98.4 Å². The van der Waals surface area contributed by atoms with E-state index in [0.717, 1.165) is 23.3 Å². The van der Waals surface area contributed by atoms with Crippen LogP contribution < -0.4 is 10.1 Å². The number of carbonyl (C=O) groups excluding carboxylic acids is 1. The minimum atomic E-state index is -0.943. The first-order chi connectivity index (χ1) is 8.20. The summed E-state index contributed by atoms with van der Waals surface area (Å²) in [4.78, 5) is 21.2. The van der Waals surface area contributed by atoms with E-state index in [-0.39, 0.29) is 6.42 Å². The Morgan fingerprint density at radius 3 is 3.12 bits per heavy atom. The molecule has 0 aromatic heterocycles. The van der Waals surface area contributed by atoms with Crippen molar-refractivity contribution in [3.8, 4) is 5.75 Å². The van der Waals surface area contributed by atoms with Gasteiger partial charge in [-0.05, 0) is 23.3 Å². The second kappa shape index (κ2) is 4.86. The number of nitrogens with one attached hydrogen (secondary N) is 1. The van der Waals surface area contributed by atoms with E-state index >= 15 is 0 Å². The highest BCUT2D eigenvalue weighted by atomic mass is 16.5. The van der Waals surface area contributed by atoms with Crippen LogP contribution in [0.25, 0.3) is 0 Å². The van der Waals surface area contributed by atoms with Gasteiger partial charge >= 0.3 is 5.97 Å². The second-order valence-corrected chi connectivity index (χ2v) is 3.90. The van der Waals surface area contributed by atoms with Crippen LogP contribution in [0.1, 0.15) is 23.6 Å². The largest absolute Gasteiger partial charge is 0.493 e. The van der Waals surface area contributed by atoms with Gasteiger partial charge < -0.3 is 15.2 Å². The lowest BCUT2D eigenvalue weighted by Gasteiger charge is -2.15. The molecule has 5 heteroatoms. The summed E-state index contributed by atoms with van der Waals surface area (Å²) in [6.07, 6.45) is 1.22. The van der Waals surface area contributed by atoms with Crippen LogP contribution in [-0.4, -0.2) is 24.1 Å². The minimum Gasteiger partial charge on any atom is -0.493 e. The molecule has 0 bridgehead atoms. The van der Waals surface area contributed by atoms with E-state index in [4.69, 9.17) is 9.84 Å². The Balaban J connectivity index is 2.23. The lowest BCUT2D eigenvalue weighted by molar-refractivity contribution is -0.137. The molecule has 1 aliphatic rings. The maximum absolute atomic E-state index is 10.7. The summed E-state index contributed by atoms with van der Waals surface area (Å²) in [5.41, 5.74) is 1.86. The number of fused-ring (bicyclic) bond motifs is 1. The van der Waals surface area contributed by atoms with Crippen LogP contribution in [0.5, 0.6) is 5.75 Å². The highest BCUT2D eigenvalue weighted by molar-refractivity contribution is 5.68. The molecule has 1 heterocycles.